The molecule has 162 valence electrons. The third kappa shape index (κ3) is 3.18. The van der Waals surface area contributed by atoms with Crippen LogP contribution in [0.4, 0.5) is 5.69 Å². The topological polar surface area (TPSA) is 92.5 Å². The molecule has 3 aliphatic rings. The van der Waals surface area contributed by atoms with Gasteiger partial charge < -0.3 is 9.73 Å². The molecule has 2 aromatic heterocycles. The molecule has 1 saturated heterocycles. The summed E-state index contributed by atoms with van der Waals surface area (Å²) in [5, 5.41) is 2.81. The lowest BCUT2D eigenvalue weighted by Crippen LogP contribution is -2.32. The summed E-state index contributed by atoms with van der Waals surface area (Å²) in [7, 11) is 0. The molecule has 0 unspecified atom stereocenters. The number of nitrogens with zero attached hydrogens (tertiary/aromatic N) is 2. The van der Waals surface area contributed by atoms with Crippen LogP contribution in [-0.4, -0.2) is 28.5 Å². The number of hydrogen-bond donors (Lipinski definition) is 1. The summed E-state index contributed by atoms with van der Waals surface area (Å²) >= 11 is 2.82. The lowest BCUT2D eigenvalue weighted by Gasteiger charge is -2.17. The van der Waals surface area contributed by atoms with Crippen molar-refractivity contribution in [2.75, 3.05) is 10.7 Å². The second-order valence-electron chi connectivity index (χ2n) is 8.29. The van der Waals surface area contributed by atoms with E-state index in [2.05, 4.69) is 22.5 Å². The average molecular weight is 466 g/mol. The number of furan rings is 1. The molecule has 3 heterocycles. The normalized spacial score (nSPS) is 25.8. The number of rotatable bonds is 6. The number of carbonyl (C=O) groups excluding carboxylic acids is 3. The second kappa shape index (κ2) is 7.60. The summed E-state index contributed by atoms with van der Waals surface area (Å²) in [5.74, 6) is 0.661. The van der Waals surface area contributed by atoms with Gasteiger partial charge in [-0.05, 0) is 48.6 Å². The summed E-state index contributed by atoms with van der Waals surface area (Å²) in [5.41, 5.74) is 1.40. The average Bonchev–Trinajstić information content (AvgIpc) is 3.59. The number of aromatic nitrogens is 1. The van der Waals surface area contributed by atoms with Gasteiger partial charge >= 0.3 is 0 Å². The van der Waals surface area contributed by atoms with Crippen molar-refractivity contribution in [2.24, 2.45) is 23.7 Å². The molecule has 32 heavy (non-hydrogen) atoms. The van der Waals surface area contributed by atoms with E-state index in [9.17, 15) is 14.4 Å². The maximum absolute atomic E-state index is 13.1. The van der Waals surface area contributed by atoms with Gasteiger partial charge in [0.25, 0.3) is 0 Å². The zero-order valence-electron chi connectivity index (χ0n) is 16.9. The summed E-state index contributed by atoms with van der Waals surface area (Å²) in [6.45, 7) is 0.354. The van der Waals surface area contributed by atoms with Gasteiger partial charge in [-0.2, -0.15) is 0 Å². The van der Waals surface area contributed by atoms with E-state index in [0.717, 1.165) is 21.0 Å². The second-order valence-corrected chi connectivity index (χ2v) is 10.5. The molecular formula is C23H19N3O4S2. The first-order chi connectivity index (χ1) is 15.6. The van der Waals surface area contributed by atoms with Crippen LogP contribution in [0, 0.1) is 23.7 Å². The number of thiazole rings is 1. The third-order valence-corrected chi connectivity index (χ3v) is 8.61. The van der Waals surface area contributed by atoms with Gasteiger partial charge in [-0.1, -0.05) is 23.9 Å². The SMILES string of the molecule is O=C(CSc1nc2ccc(N3C(=O)[C@H]4[C@H](C3=O)[C@H]3C=C[C@H]4C3)cc2s1)NCc1ccco1. The van der Waals surface area contributed by atoms with Gasteiger partial charge in [-0.15, -0.1) is 11.3 Å². The molecule has 3 aromatic rings. The van der Waals surface area contributed by atoms with Crippen molar-refractivity contribution >= 4 is 56.7 Å². The highest BCUT2D eigenvalue weighted by Crippen LogP contribution is 2.53. The van der Waals surface area contributed by atoms with Crippen molar-refractivity contribution < 1.29 is 18.8 Å². The first-order valence-corrected chi connectivity index (χ1v) is 12.3. The first-order valence-electron chi connectivity index (χ1n) is 10.5. The Labute approximate surface area is 191 Å². The van der Waals surface area contributed by atoms with Crippen molar-refractivity contribution in [3.63, 3.8) is 0 Å². The van der Waals surface area contributed by atoms with E-state index in [-0.39, 0.29) is 47.1 Å². The van der Waals surface area contributed by atoms with E-state index in [1.165, 1.54) is 28.0 Å². The van der Waals surface area contributed by atoms with Gasteiger partial charge in [0.05, 0.1) is 46.3 Å². The molecule has 3 amide bonds. The number of fused-ring (bicyclic) bond motifs is 6. The Morgan fingerprint density at radius 3 is 2.69 bits per heavy atom. The number of anilines is 1. The van der Waals surface area contributed by atoms with E-state index >= 15 is 0 Å². The van der Waals surface area contributed by atoms with Crippen molar-refractivity contribution in [2.45, 2.75) is 17.3 Å². The predicted molar refractivity (Wildman–Crippen MR) is 121 cm³/mol. The lowest BCUT2D eigenvalue weighted by atomic mass is 9.85. The summed E-state index contributed by atoms with van der Waals surface area (Å²) in [6.07, 6.45) is 6.69. The number of hydrogen-bond acceptors (Lipinski definition) is 7. The van der Waals surface area contributed by atoms with E-state index in [1.807, 2.05) is 18.2 Å². The standard InChI is InChI=1S/C23H19N3O4S2/c27-18(24-10-15-2-1-7-30-15)11-31-23-25-16-6-5-14(9-17(16)32-23)26-21(28)19-12-3-4-13(8-12)20(19)22(26)29/h1-7,9,12-13,19-20H,8,10-11H2,(H,24,27)/t12-,13-,19+,20+/m0/s1. The Morgan fingerprint density at radius 1 is 1.19 bits per heavy atom. The van der Waals surface area contributed by atoms with Crippen LogP contribution in [0.25, 0.3) is 10.2 Å². The van der Waals surface area contributed by atoms with Gasteiger partial charge in [-0.3, -0.25) is 14.4 Å². The van der Waals surface area contributed by atoms with Crippen LogP contribution in [-0.2, 0) is 20.9 Å². The maximum Gasteiger partial charge on any atom is 0.238 e. The largest absolute Gasteiger partial charge is 0.467 e. The van der Waals surface area contributed by atoms with Gasteiger partial charge in [0.2, 0.25) is 17.7 Å². The maximum atomic E-state index is 13.1. The minimum atomic E-state index is -0.208. The molecular weight excluding hydrogens is 446 g/mol. The van der Waals surface area contributed by atoms with Crippen molar-refractivity contribution in [3.05, 3.63) is 54.5 Å². The minimum Gasteiger partial charge on any atom is -0.467 e. The fourth-order valence-electron chi connectivity index (χ4n) is 5.03. The number of amides is 3. The molecule has 1 aromatic carbocycles. The molecule has 4 atom stereocenters. The summed E-state index contributed by atoms with van der Waals surface area (Å²) < 4.78 is 6.86. The Morgan fingerprint density at radius 2 is 1.97 bits per heavy atom. The van der Waals surface area contributed by atoms with E-state index in [0.29, 0.717) is 18.0 Å². The molecule has 1 saturated carbocycles. The van der Waals surface area contributed by atoms with Crippen LogP contribution in [0.15, 0.2) is 57.5 Å². The number of carbonyl (C=O) groups is 3. The van der Waals surface area contributed by atoms with Crippen LogP contribution in [0.5, 0.6) is 0 Å². The van der Waals surface area contributed by atoms with Crippen LogP contribution in [0.1, 0.15) is 12.2 Å². The molecule has 0 radical (unpaired) electrons. The minimum absolute atomic E-state index is 0.0801. The Hall–Kier alpha value is -2.91. The highest BCUT2D eigenvalue weighted by atomic mass is 32.2. The molecule has 0 spiro atoms. The van der Waals surface area contributed by atoms with Crippen LogP contribution in [0.3, 0.4) is 0 Å². The number of benzene rings is 1. The van der Waals surface area contributed by atoms with E-state index in [1.54, 1.807) is 18.4 Å². The Kier molecular flexibility index (Phi) is 4.69. The van der Waals surface area contributed by atoms with Gasteiger partial charge in [0.15, 0.2) is 4.34 Å². The highest BCUT2D eigenvalue weighted by molar-refractivity contribution is 8.01. The highest BCUT2D eigenvalue weighted by Gasteiger charge is 2.59. The summed E-state index contributed by atoms with van der Waals surface area (Å²) in [4.78, 5) is 44.2. The lowest BCUT2D eigenvalue weighted by molar-refractivity contribution is -0.123. The molecule has 9 heteroatoms. The molecule has 2 aliphatic carbocycles. The van der Waals surface area contributed by atoms with E-state index in [4.69, 9.17) is 4.42 Å². The van der Waals surface area contributed by atoms with Gasteiger partial charge in [0.1, 0.15) is 5.76 Å². The monoisotopic (exact) mass is 465 g/mol. The molecule has 2 bridgehead atoms. The number of allylic oxidation sites excluding steroid dienone is 2. The summed E-state index contributed by atoms with van der Waals surface area (Å²) in [6, 6.07) is 9.08. The Bertz CT molecular complexity index is 1240. The first kappa shape index (κ1) is 19.8. The quantitative estimate of drug-likeness (QED) is 0.340. The Balaban J connectivity index is 1.15. The van der Waals surface area contributed by atoms with Crippen molar-refractivity contribution in [1.82, 2.24) is 10.3 Å². The fraction of sp³-hybridized carbons (Fsp3) is 0.304. The van der Waals surface area contributed by atoms with E-state index < -0.39 is 0 Å². The van der Waals surface area contributed by atoms with Crippen molar-refractivity contribution in [3.8, 4) is 0 Å². The number of thioether (sulfide) groups is 1. The van der Waals surface area contributed by atoms with Crippen LogP contribution in [0.2, 0.25) is 0 Å². The third-order valence-electron chi connectivity index (χ3n) is 6.45. The predicted octanol–water partition coefficient (Wildman–Crippen LogP) is 3.61. The molecule has 7 nitrogen and oxygen atoms in total. The fourth-order valence-corrected chi connectivity index (χ4v) is 6.96. The molecule has 1 N–H and O–H groups in total. The van der Waals surface area contributed by atoms with Crippen molar-refractivity contribution in [1.29, 1.82) is 0 Å². The van der Waals surface area contributed by atoms with Gasteiger partial charge in [-0.25, -0.2) is 9.88 Å². The van der Waals surface area contributed by atoms with Crippen LogP contribution >= 0.6 is 23.1 Å². The molecule has 1 aliphatic heterocycles. The zero-order chi connectivity index (χ0) is 21.8. The zero-order valence-corrected chi connectivity index (χ0v) is 18.5. The smallest absolute Gasteiger partial charge is 0.238 e. The van der Waals surface area contributed by atoms with Gasteiger partial charge in [0, 0.05) is 0 Å². The molecule has 2 fully saturated rings. The van der Waals surface area contributed by atoms with Crippen LogP contribution < -0.4 is 10.2 Å². The number of imide groups is 1. The molecule has 6 rings (SSSR count). The number of nitrogens with one attached hydrogen (secondary N) is 1.